The number of rotatable bonds is 6. The second-order valence-corrected chi connectivity index (χ2v) is 8.92. The van der Waals surface area contributed by atoms with Crippen molar-refractivity contribution in [1.82, 2.24) is 0 Å². The molecule has 0 aliphatic heterocycles. The molecule has 0 aliphatic carbocycles. The molecular formula is C24H19NO4S2. The van der Waals surface area contributed by atoms with Gasteiger partial charge in [0, 0.05) is 9.79 Å². The zero-order valence-electron chi connectivity index (χ0n) is 16.2. The Balaban J connectivity index is 1.65. The second kappa shape index (κ2) is 9.16. The molecule has 0 saturated carbocycles. The number of phenols is 4. The Morgan fingerprint density at radius 3 is 1.45 bits per heavy atom. The number of aromatic hydroxyl groups is 4. The molecule has 4 aromatic carbocycles. The predicted molar refractivity (Wildman–Crippen MR) is 126 cm³/mol. The van der Waals surface area contributed by atoms with E-state index in [4.69, 9.17) is 0 Å². The lowest BCUT2D eigenvalue weighted by atomic mass is 10.1. The number of hydrogen-bond donors (Lipinski definition) is 4. The van der Waals surface area contributed by atoms with E-state index in [0.29, 0.717) is 0 Å². The highest BCUT2D eigenvalue weighted by molar-refractivity contribution is 8.18. The van der Waals surface area contributed by atoms with Crippen LogP contribution >= 0.6 is 23.9 Å². The van der Waals surface area contributed by atoms with Gasteiger partial charge in [0.25, 0.3) is 0 Å². The van der Waals surface area contributed by atoms with Crippen LogP contribution in [0, 0.1) is 0 Å². The largest absolute Gasteiger partial charge is 0.504 e. The zero-order chi connectivity index (χ0) is 21.8. The Bertz CT molecular complexity index is 1130. The first kappa shape index (κ1) is 20.8. The first-order valence-electron chi connectivity index (χ1n) is 9.35. The van der Waals surface area contributed by atoms with Crippen molar-refractivity contribution in [3.63, 3.8) is 0 Å². The molecule has 4 N–H and O–H groups in total. The fourth-order valence-electron chi connectivity index (χ4n) is 2.84. The average molecular weight is 450 g/mol. The smallest absolute Gasteiger partial charge is 0.158 e. The third-order valence-electron chi connectivity index (χ3n) is 4.46. The first-order valence-corrected chi connectivity index (χ1v) is 10.9. The van der Waals surface area contributed by atoms with Gasteiger partial charge in [-0.25, -0.2) is 3.71 Å². The Morgan fingerprint density at radius 1 is 0.484 bits per heavy atom. The highest BCUT2D eigenvalue weighted by atomic mass is 32.2. The number of benzene rings is 4. The maximum absolute atomic E-state index is 9.85. The fourth-order valence-corrected chi connectivity index (χ4v) is 4.93. The monoisotopic (exact) mass is 449 g/mol. The number of nitrogens with zero attached hydrogens (tertiary/aromatic N) is 1. The van der Waals surface area contributed by atoms with Gasteiger partial charge in [0.2, 0.25) is 0 Å². The summed E-state index contributed by atoms with van der Waals surface area (Å²) in [5, 5.41) is 38.9. The van der Waals surface area contributed by atoms with Crippen molar-refractivity contribution < 1.29 is 20.4 Å². The van der Waals surface area contributed by atoms with Crippen LogP contribution in [0.25, 0.3) is 11.1 Å². The van der Waals surface area contributed by atoms with Gasteiger partial charge < -0.3 is 20.4 Å². The molecule has 31 heavy (non-hydrogen) atoms. The van der Waals surface area contributed by atoms with E-state index < -0.39 is 0 Å². The second-order valence-electron chi connectivity index (χ2n) is 6.65. The summed E-state index contributed by atoms with van der Waals surface area (Å²) < 4.78 is 1.92. The Kier molecular flexibility index (Phi) is 6.16. The molecular weight excluding hydrogens is 430 g/mol. The minimum atomic E-state index is -0.198. The summed E-state index contributed by atoms with van der Waals surface area (Å²) in [7, 11) is 0. The summed E-state index contributed by atoms with van der Waals surface area (Å²) in [6.07, 6.45) is 0. The van der Waals surface area contributed by atoms with E-state index in [2.05, 4.69) is 12.1 Å². The van der Waals surface area contributed by atoms with Crippen LogP contribution in [0.1, 0.15) is 0 Å². The molecule has 0 amide bonds. The fraction of sp³-hybridized carbons (Fsp3) is 0. The molecule has 0 aliphatic rings. The van der Waals surface area contributed by atoms with Crippen molar-refractivity contribution in [1.29, 1.82) is 0 Å². The third-order valence-corrected chi connectivity index (χ3v) is 6.59. The van der Waals surface area contributed by atoms with E-state index >= 15 is 0 Å². The molecule has 0 saturated heterocycles. The first-order chi connectivity index (χ1) is 15.0. The van der Waals surface area contributed by atoms with Gasteiger partial charge >= 0.3 is 0 Å². The van der Waals surface area contributed by atoms with Crippen molar-refractivity contribution in [2.24, 2.45) is 0 Å². The summed E-state index contributed by atoms with van der Waals surface area (Å²) in [5.41, 5.74) is 3.09. The number of anilines is 1. The average Bonchev–Trinajstić information content (AvgIpc) is 2.79. The lowest BCUT2D eigenvalue weighted by Gasteiger charge is -2.22. The van der Waals surface area contributed by atoms with E-state index in [1.54, 1.807) is 12.1 Å². The SMILES string of the molecule is Oc1ccc(SN(Sc2ccc(O)c(O)c2)c2ccc(-c3ccccc3)cc2)cc1O. The minimum Gasteiger partial charge on any atom is -0.504 e. The van der Waals surface area contributed by atoms with Gasteiger partial charge in [-0.05, 0) is 83.6 Å². The summed E-state index contributed by atoms with van der Waals surface area (Å²) in [5.74, 6) is -0.758. The minimum absolute atomic E-state index is 0.181. The van der Waals surface area contributed by atoms with Gasteiger partial charge in [0.05, 0.1) is 5.69 Å². The van der Waals surface area contributed by atoms with Crippen LogP contribution in [-0.4, -0.2) is 20.4 Å². The number of hydrogen-bond acceptors (Lipinski definition) is 7. The van der Waals surface area contributed by atoms with E-state index in [-0.39, 0.29) is 23.0 Å². The summed E-state index contributed by atoms with van der Waals surface area (Å²) in [4.78, 5) is 1.44. The maximum Gasteiger partial charge on any atom is 0.158 e. The van der Waals surface area contributed by atoms with Crippen molar-refractivity contribution in [3.05, 3.63) is 91.0 Å². The molecule has 0 unspecified atom stereocenters. The molecule has 0 bridgehead atoms. The van der Waals surface area contributed by atoms with Crippen LogP contribution in [0.4, 0.5) is 5.69 Å². The molecule has 0 fully saturated rings. The highest BCUT2D eigenvalue weighted by Crippen LogP contribution is 2.42. The van der Waals surface area contributed by atoms with Crippen molar-refractivity contribution in [3.8, 4) is 34.1 Å². The van der Waals surface area contributed by atoms with Crippen LogP contribution in [0.15, 0.2) is 101 Å². The van der Waals surface area contributed by atoms with Gasteiger partial charge in [0.1, 0.15) is 0 Å². The molecule has 0 atom stereocenters. The van der Waals surface area contributed by atoms with Crippen molar-refractivity contribution in [2.45, 2.75) is 9.79 Å². The van der Waals surface area contributed by atoms with Gasteiger partial charge in [-0.3, -0.25) is 0 Å². The Hall–Kier alpha value is -3.42. The molecule has 0 radical (unpaired) electrons. The molecule has 4 rings (SSSR count). The number of phenolic OH excluding ortho intramolecular Hbond substituents is 4. The van der Waals surface area contributed by atoms with Crippen molar-refractivity contribution >= 4 is 29.6 Å². The zero-order valence-corrected chi connectivity index (χ0v) is 17.8. The molecule has 4 aromatic rings. The lowest BCUT2D eigenvalue weighted by Crippen LogP contribution is -2.03. The van der Waals surface area contributed by atoms with Crippen LogP contribution in [0.2, 0.25) is 0 Å². The van der Waals surface area contributed by atoms with Crippen molar-refractivity contribution in [2.75, 3.05) is 3.71 Å². The van der Waals surface area contributed by atoms with Crippen LogP contribution in [0.5, 0.6) is 23.0 Å². The molecule has 5 nitrogen and oxygen atoms in total. The van der Waals surface area contributed by atoms with Crippen LogP contribution in [-0.2, 0) is 0 Å². The highest BCUT2D eigenvalue weighted by Gasteiger charge is 2.14. The topological polar surface area (TPSA) is 84.2 Å². The molecule has 7 heteroatoms. The maximum atomic E-state index is 9.85. The van der Waals surface area contributed by atoms with Gasteiger partial charge in [-0.2, -0.15) is 0 Å². The van der Waals surface area contributed by atoms with E-state index in [9.17, 15) is 20.4 Å². The van der Waals surface area contributed by atoms with Gasteiger partial charge in [0.15, 0.2) is 23.0 Å². The predicted octanol–water partition coefficient (Wildman–Crippen LogP) is 6.40. The lowest BCUT2D eigenvalue weighted by molar-refractivity contribution is 0.402. The molecule has 156 valence electrons. The van der Waals surface area contributed by atoms with E-state index in [1.165, 1.54) is 48.2 Å². The standard InChI is InChI=1S/C24H19NO4S2/c26-21-12-10-19(14-23(21)28)30-25(31-20-11-13-22(27)24(29)15-20)18-8-6-17(7-9-18)16-4-2-1-3-5-16/h1-15,26-29H. The molecule has 0 heterocycles. The van der Waals surface area contributed by atoms with Crippen LogP contribution < -0.4 is 3.71 Å². The summed E-state index contributed by atoms with van der Waals surface area (Å²) in [6, 6.07) is 27.4. The van der Waals surface area contributed by atoms with E-state index in [0.717, 1.165) is 26.6 Å². The Morgan fingerprint density at radius 2 is 0.968 bits per heavy atom. The molecule has 0 spiro atoms. The summed E-state index contributed by atoms with van der Waals surface area (Å²) >= 11 is 2.70. The van der Waals surface area contributed by atoms with Crippen LogP contribution in [0.3, 0.4) is 0 Å². The Labute approximate surface area is 188 Å². The van der Waals surface area contributed by atoms with E-state index in [1.807, 2.05) is 46.2 Å². The van der Waals surface area contributed by atoms with Gasteiger partial charge in [-0.1, -0.05) is 42.5 Å². The van der Waals surface area contributed by atoms with Gasteiger partial charge in [-0.15, -0.1) is 0 Å². The third kappa shape index (κ3) is 5.02. The normalized spacial score (nSPS) is 10.7. The molecule has 0 aromatic heterocycles. The summed E-state index contributed by atoms with van der Waals surface area (Å²) in [6.45, 7) is 0. The quantitative estimate of drug-likeness (QED) is 0.200.